The van der Waals surface area contributed by atoms with E-state index in [1.165, 1.54) is 0 Å². The van der Waals surface area contributed by atoms with Crippen molar-refractivity contribution in [3.8, 4) is 0 Å². The molecule has 0 radical (unpaired) electrons. The predicted octanol–water partition coefficient (Wildman–Crippen LogP) is 1.97. The van der Waals surface area contributed by atoms with Crippen LogP contribution in [0.15, 0.2) is 29.3 Å². The van der Waals surface area contributed by atoms with Crippen LogP contribution in [-0.4, -0.2) is 22.7 Å². The standard InChI is InChI=1S/C11H10N2OS/c14-10-7-3-1-2-4-8(7)13-11-9(12-10)5-6-15-11/h1-4,9H,5-6H2,(H,12,14). The minimum atomic E-state index is -0.00292. The van der Waals surface area contributed by atoms with E-state index >= 15 is 0 Å². The summed E-state index contributed by atoms with van der Waals surface area (Å²) in [6, 6.07) is 7.63. The quantitative estimate of drug-likeness (QED) is 0.723. The lowest BCUT2D eigenvalue weighted by molar-refractivity contribution is 0.0949. The van der Waals surface area contributed by atoms with Crippen molar-refractivity contribution in [2.45, 2.75) is 12.5 Å². The second-order valence-electron chi connectivity index (χ2n) is 3.63. The van der Waals surface area contributed by atoms with Gasteiger partial charge in [0, 0.05) is 5.75 Å². The van der Waals surface area contributed by atoms with Crippen LogP contribution < -0.4 is 5.32 Å². The van der Waals surface area contributed by atoms with Crippen LogP contribution in [0.2, 0.25) is 0 Å². The van der Waals surface area contributed by atoms with Gasteiger partial charge in [-0.3, -0.25) is 4.79 Å². The number of carbonyl (C=O) groups is 1. The number of aliphatic imine (C=N–C) groups is 1. The maximum absolute atomic E-state index is 11.9. The number of para-hydroxylation sites is 1. The van der Waals surface area contributed by atoms with Crippen molar-refractivity contribution in [1.82, 2.24) is 5.32 Å². The molecule has 2 aliphatic rings. The minimum Gasteiger partial charge on any atom is -0.343 e. The van der Waals surface area contributed by atoms with Crippen LogP contribution >= 0.6 is 11.8 Å². The number of rotatable bonds is 0. The number of thioether (sulfide) groups is 1. The normalized spacial score (nSPS) is 23.6. The number of hydrogen-bond acceptors (Lipinski definition) is 3. The van der Waals surface area contributed by atoms with Crippen LogP contribution in [0.5, 0.6) is 0 Å². The van der Waals surface area contributed by atoms with E-state index in [1.807, 2.05) is 24.3 Å². The molecular formula is C11H10N2OS. The molecular weight excluding hydrogens is 208 g/mol. The fraction of sp³-hybridized carbons (Fsp3) is 0.273. The molecule has 1 amide bonds. The van der Waals surface area contributed by atoms with E-state index in [9.17, 15) is 4.79 Å². The molecule has 2 heterocycles. The SMILES string of the molecule is O=C1NC2CCSC2=Nc2ccccc21. The maximum Gasteiger partial charge on any atom is 0.254 e. The zero-order valence-electron chi connectivity index (χ0n) is 8.06. The number of benzene rings is 1. The molecule has 0 aromatic heterocycles. The van der Waals surface area contributed by atoms with Gasteiger partial charge in [0.05, 0.1) is 22.3 Å². The summed E-state index contributed by atoms with van der Waals surface area (Å²) in [5, 5.41) is 4.06. The van der Waals surface area contributed by atoms with E-state index < -0.39 is 0 Å². The minimum absolute atomic E-state index is 0.00292. The molecule has 1 aromatic carbocycles. The topological polar surface area (TPSA) is 41.5 Å². The predicted molar refractivity (Wildman–Crippen MR) is 61.9 cm³/mol. The first-order chi connectivity index (χ1) is 7.34. The lowest BCUT2D eigenvalue weighted by Gasteiger charge is -2.08. The molecule has 2 aliphatic heterocycles. The van der Waals surface area contributed by atoms with Crippen molar-refractivity contribution in [3.05, 3.63) is 29.8 Å². The third kappa shape index (κ3) is 1.45. The Hall–Kier alpha value is -1.29. The molecule has 0 bridgehead atoms. The summed E-state index contributed by atoms with van der Waals surface area (Å²) >= 11 is 1.74. The zero-order chi connectivity index (χ0) is 10.3. The van der Waals surface area contributed by atoms with Gasteiger partial charge in [-0.1, -0.05) is 12.1 Å². The first-order valence-corrected chi connectivity index (χ1v) is 5.94. The third-order valence-corrected chi connectivity index (χ3v) is 3.75. The average molecular weight is 218 g/mol. The molecule has 76 valence electrons. The van der Waals surface area contributed by atoms with Gasteiger partial charge in [0.25, 0.3) is 5.91 Å². The molecule has 1 saturated heterocycles. The fourth-order valence-electron chi connectivity index (χ4n) is 1.87. The number of fused-ring (bicyclic) bond motifs is 2. The molecule has 0 spiro atoms. The largest absolute Gasteiger partial charge is 0.343 e. The van der Waals surface area contributed by atoms with E-state index in [0.29, 0.717) is 5.56 Å². The highest BCUT2D eigenvalue weighted by Gasteiger charge is 2.28. The molecule has 1 fully saturated rings. The maximum atomic E-state index is 11.9. The molecule has 3 nitrogen and oxygen atoms in total. The number of nitrogens with zero attached hydrogens (tertiary/aromatic N) is 1. The van der Waals surface area contributed by atoms with Crippen molar-refractivity contribution in [1.29, 1.82) is 0 Å². The van der Waals surface area contributed by atoms with Gasteiger partial charge in [0.1, 0.15) is 0 Å². The Morgan fingerprint density at radius 1 is 1.40 bits per heavy atom. The van der Waals surface area contributed by atoms with E-state index in [4.69, 9.17) is 0 Å². The summed E-state index contributed by atoms with van der Waals surface area (Å²) in [6.07, 6.45) is 0.989. The zero-order valence-corrected chi connectivity index (χ0v) is 8.88. The van der Waals surface area contributed by atoms with Gasteiger partial charge in [-0.15, -0.1) is 11.8 Å². The molecule has 1 atom stereocenters. The van der Waals surface area contributed by atoms with Crippen LogP contribution in [-0.2, 0) is 0 Å². The van der Waals surface area contributed by atoms with Gasteiger partial charge in [-0.25, -0.2) is 4.99 Å². The first kappa shape index (κ1) is 8.97. The highest BCUT2D eigenvalue weighted by Crippen LogP contribution is 2.30. The highest BCUT2D eigenvalue weighted by molar-refractivity contribution is 8.14. The number of nitrogens with one attached hydrogen (secondary N) is 1. The van der Waals surface area contributed by atoms with Crippen molar-refractivity contribution in [2.24, 2.45) is 4.99 Å². The molecule has 1 unspecified atom stereocenters. The van der Waals surface area contributed by atoms with Gasteiger partial charge in [0.2, 0.25) is 0 Å². The van der Waals surface area contributed by atoms with Crippen molar-refractivity contribution in [2.75, 3.05) is 5.75 Å². The summed E-state index contributed by atoms with van der Waals surface area (Å²) in [5.41, 5.74) is 1.47. The number of carbonyl (C=O) groups excluding carboxylic acids is 1. The first-order valence-electron chi connectivity index (χ1n) is 4.96. The molecule has 0 aliphatic carbocycles. The van der Waals surface area contributed by atoms with E-state index in [-0.39, 0.29) is 11.9 Å². The van der Waals surface area contributed by atoms with Crippen LogP contribution in [0, 0.1) is 0 Å². The van der Waals surface area contributed by atoms with Crippen LogP contribution in [0.4, 0.5) is 5.69 Å². The van der Waals surface area contributed by atoms with Crippen LogP contribution in [0.3, 0.4) is 0 Å². The van der Waals surface area contributed by atoms with E-state index in [1.54, 1.807) is 11.8 Å². The van der Waals surface area contributed by atoms with E-state index in [2.05, 4.69) is 10.3 Å². The Labute approximate surface area is 92.0 Å². The van der Waals surface area contributed by atoms with Gasteiger partial charge >= 0.3 is 0 Å². The molecule has 0 saturated carbocycles. The summed E-state index contributed by atoms with van der Waals surface area (Å²) in [7, 11) is 0. The van der Waals surface area contributed by atoms with Crippen molar-refractivity contribution in [3.63, 3.8) is 0 Å². The van der Waals surface area contributed by atoms with Crippen LogP contribution in [0.25, 0.3) is 0 Å². The highest BCUT2D eigenvalue weighted by atomic mass is 32.2. The Morgan fingerprint density at radius 2 is 2.27 bits per heavy atom. The lowest BCUT2D eigenvalue weighted by Crippen LogP contribution is -2.35. The van der Waals surface area contributed by atoms with Crippen molar-refractivity contribution < 1.29 is 4.79 Å². The Balaban J connectivity index is 2.14. The molecule has 4 heteroatoms. The Morgan fingerprint density at radius 3 is 3.20 bits per heavy atom. The molecule has 3 rings (SSSR count). The summed E-state index contributed by atoms with van der Waals surface area (Å²) < 4.78 is 0. The number of amides is 1. The van der Waals surface area contributed by atoms with Gasteiger partial charge in [-0.05, 0) is 18.6 Å². The van der Waals surface area contributed by atoms with E-state index in [0.717, 1.165) is 22.9 Å². The van der Waals surface area contributed by atoms with Crippen molar-refractivity contribution >= 4 is 28.4 Å². The average Bonchev–Trinajstić information content (AvgIpc) is 2.61. The van der Waals surface area contributed by atoms with Gasteiger partial charge in [-0.2, -0.15) is 0 Å². The molecule has 1 N–H and O–H groups in total. The second-order valence-corrected chi connectivity index (χ2v) is 4.75. The smallest absolute Gasteiger partial charge is 0.254 e. The Kier molecular flexibility index (Phi) is 2.02. The summed E-state index contributed by atoms with van der Waals surface area (Å²) in [4.78, 5) is 16.4. The second kappa shape index (κ2) is 3.38. The van der Waals surface area contributed by atoms with Gasteiger partial charge in [0.15, 0.2) is 0 Å². The third-order valence-electron chi connectivity index (χ3n) is 2.64. The van der Waals surface area contributed by atoms with Gasteiger partial charge < -0.3 is 5.32 Å². The number of hydrogen-bond donors (Lipinski definition) is 1. The lowest BCUT2D eigenvalue weighted by atomic mass is 10.1. The van der Waals surface area contributed by atoms with Crippen LogP contribution in [0.1, 0.15) is 16.8 Å². The fourth-order valence-corrected chi connectivity index (χ4v) is 2.97. The summed E-state index contributed by atoms with van der Waals surface area (Å²) in [6.45, 7) is 0. The Bertz CT molecular complexity index is 456. The monoisotopic (exact) mass is 218 g/mol. The summed E-state index contributed by atoms with van der Waals surface area (Å²) in [5.74, 6) is 1.04. The molecule has 1 aromatic rings. The molecule has 15 heavy (non-hydrogen) atoms.